The minimum absolute atomic E-state index is 0.304. The first-order valence-electron chi connectivity index (χ1n) is 5.27. The Hall–Kier alpha value is -1.06. The van der Waals surface area contributed by atoms with Crippen LogP contribution in [-0.4, -0.2) is 25.8 Å². The molecule has 0 spiro atoms. The number of likely N-dealkylation sites (N-methyl/N-ethyl adjacent to an activating group) is 1. The van der Waals surface area contributed by atoms with E-state index in [1.807, 2.05) is 24.2 Å². The molecule has 15 heavy (non-hydrogen) atoms. The predicted molar refractivity (Wildman–Crippen MR) is 61.4 cm³/mol. The Bertz CT molecular complexity index is 330. The van der Waals surface area contributed by atoms with Crippen molar-refractivity contribution in [2.24, 2.45) is 0 Å². The molecule has 0 atom stereocenters. The molecule has 1 aromatic carbocycles. The molecule has 2 rings (SSSR count). The van der Waals surface area contributed by atoms with Crippen LogP contribution in [0.1, 0.15) is 18.4 Å². The molecule has 82 valence electrons. The Kier molecular flexibility index (Phi) is 2.67. The molecule has 3 heteroatoms. The second-order valence-electron chi connectivity index (χ2n) is 4.37. The largest absolute Gasteiger partial charge is 0.399 e. The van der Waals surface area contributed by atoms with Gasteiger partial charge in [0.25, 0.3) is 0 Å². The highest BCUT2D eigenvalue weighted by atomic mass is 16.7. The Morgan fingerprint density at radius 2 is 1.93 bits per heavy atom. The number of hydrogen-bond acceptors (Lipinski definition) is 3. The molecular weight excluding hydrogens is 188 g/mol. The van der Waals surface area contributed by atoms with E-state index in [1.165, 1.54) is 18.4 Å². The Balaban J connectivity index is 2.12. The topological polar surface area (TPSA) is 38.5 Å². The molecule has 0 heterocycles. The van der Waals surface area contributed by atoms with Gasteiger partial charge >= 0.3 is 0 Å². The van der Waals surface area contributed by atoms with E-state index in [-0.39, 0.29) is 0 Å². The number of rotatable bonds is 4. The second kappa shape index (κ2) is 3.83. The highest BCUT2D eigenvalue weighted by molar-refractivity contribution is 5.43. The highest BCUT2D eigenvalue weighted by Gasteiger charge is 2.45. The summed E-state index contributed by atoms with van der Waals surface area (Å²) in [5.74, 6) is 0. The first-order chi connectivity index (χ1) is 7.16. The molecule has 1 aromatic rings. The lowest BCUT2D eigenvalue weighted by atomic mass is 9.96. The van der Waals surface area contributed by atoms with Crippen LogP contribution < -0.4 is 5.73 Å². The number of nitrogens with two attached hydrogens (primary N) is 1. The lowest BCUT2D eigenvalue weighted by molar-refractivity contribution is -0.114. The van der Waals surface area contributed by atoms with E-state index in [1.54, 1.807) is 7.11 Å². The van der Waals surface area contributed by atoms with Crippen LogP contribution in [0.5, 0.6) is 0 Å². The lowest BCUT2D eigenvalue weighted by Gasteiger charge is -2.22. The molecular formula is C12H18N2O. The zero-order valence-electron chi connectivity index (χ0n) is 9.36. The van der Waals surface area contributed by atoms with E-state index in [4.69, 9.17) is 10.6 Å². The summed E-state index contributed by atoms with van der Waals surface area (Å²) in [7, 11) is 3.68. The smallest absolute Gasteiger partial charge is 0.0575 e. The zero-order chi connectivity index (χ0) is 10.9. The average Bonchev–Trinajstić information content (AvgIpc) is 3.00. The maximum absolute atomic E-state index is 5.68. The van der Waals surface area contributed by atoms with Gasteiger partial charge in [0, 0.05) is 24.7 Å². The fraction of sp³-hybridized carbons (Fsp3) is 0.500. The summed E-state index contributed by atoms with van der Waals surface area (Å²) in [5, 5.41) is 1.89. The van der Waals surface area contributed by atoms with Crippen LogP contribution in [0.3, 0.4) is 0 Å². The van der Waals surface area contributed by atoms with Crippen LogP contribution in [0.25, 0.3) is 0 Å². The maximum Gasteiger partial charge on any atom is 0.0575 e. The monoisotopic (exact) mass is 206 g/mol. The quantitative estimate of drug-likeness (QED) is 0.603. The molecule has 2 N–H and O–H groups in total. The number of hydroxylamine groups is 2. The number of nitrogens with zero attached hydrogens (tertiary/aromatic N) is 1. The van der Waals surface area contributed by atoms with Gasteiger partial charge in [0.1, 0.15) is 0 Å². The standard InChI is InChI=1S/C12H18N2O/c1-14(15-2)9-12(7-8-12)10-3-5-11(13)6-4-10/h3-6H,7-9,13H2,1-2H3. The Morgan fingerprint density at radius 3 is 2.40 bits per heavy atom. The number of anilines is 1. The third-order valence-corrected chi connectivity index (χ3v) is 3.21. The normalized spacial score (nSPS) is 18.1. The lowest BCUT2D eigenvalue weighted by Crippen LogP contribution is -2.28. The zero-order valence-corrected chi connectivity index (χ0v) is 9.36. The molecule has 1 saturated carbocycles. The van der Waals surface area contributed by atoms with Crippen LogP contribution in [-0.2, 0) is 10.3 Å². The predicted octanol–water partition coefficient (Wildman–Crippen LogP) is 1.79. The molecule has 0 aromatic heterocycles. The molecule has 0 saturated heterocycles. The van der Waals surface area contributed by atoms with Gasteiger partial charge < -0.3 is 10.6 Å². The summed E-state index contributed by atoms with van der Waals surface area (Å²) in [4.78, 5) is 5.18. The molecule has 1 aliphatic carbocycles. The molecule has 3 nitrogen and oxygen atoms in total. The van der Waals surface area contributed by atoms with Crippen molar-refractivity contribution >= 4 is 5.69 Å². The summed E-state index contributed by atoms with van der Waals surface area (Å²) in [6, 6.07) is 8.21. The van der Waals surface area contributed by atoms with Crippen LogP contribution in [0.4, 0.5) is 5.69 Å². The van der Waals surface area contributed by atoms with Crippen molar-refractivity contribution < 1.29 is 4.84 Å². The van der Waals surface area contributed by atoms with Crippen molar-refractivity contribution in [2.75, 3.05) is 26.4 Å². The van der Waals surface area contributed by atoms with Gasteiger partial charge in [-0.1, -0.05) is 12.1 Å². The van der Waals surface area contributed by atoms with Gasteiger partial charge in [-0.25, -0.2) is 0 Å². The second-order valence-corrected chi connectivity index (χ2v) is 4.37. The van der Waals surface area contributed by atoms with E-state index in [2.05, 4.69) is 12.1 Å². The van der Waals surface area contributed by atoms with Gasteiger partial charge in [0.2, 0.25) is 0 Å². The third kappa shape index (κ3) is 2.13. The minimum atomic E-state index is 0.304. The fourth-order valence-corrected chi connectivity index (χ4v) is 2.02. The van der Waals surface area contributed by atoms with E-state index >= 15 is 0 Å². The van der Waals surface area contributed by atoms with E-state index in [9.17, 15) is 0 Å². The molecule has 0 radical (unpaired) electrons. The third-order valence-electron chi connectivity index (χ3n) is 3.21. The van der Waals surface area contributed by atoms with E-state index < -0.39 is 0 Å². The summed E-state index contributed by atoms with van der Waals surface area (Å²) in [6.45, 7) is 0.952. The van der Waals surface area contributed by atoms with E-state index in [0.717, 1.165) is 12.2 Å². The van der Waals surface area contributed by atoms with Gasteiger partial charge in [-0.05, 0) is 30.5 Å². The van der Waals surface area contributed by atoms with Crippen LogP contribution >= 0.6 is 0 Å². The summed E-state index contributed by atoms with van der Waals surface area (Å²) < 4.78 is 0. The van der Waals surface area contributed by atoms with Crippen molar-refractivity contribution in [1.82, 2.24) is 5.06 Å². The van der Waals surface area contributed by atoms with Gasteiger partial charge in [-0.15, -0.1) is 0 Å². The van der Waals surface area contributed by atoms with Crippen molar-refractivity contribution in [3.05, 3.63) is 29.8 Å². The van der Waals surface area contributed by atoms with Gasteiger partial charge in [-0.3, -0.25) is 0 Å². The van der Waals surface area contributed by atoms with Gasteiger partial charge in [-0.2, -0.15) is 5.06 Å². The van der Waals surface area contributed by atoms with Crippen molar-refractivity contribution in [1.29, 1.82) is 0 Å². The average molecular weight is 206 g/mol. The SMILES string of the molecule is CON(C)CC1(c2ccc(N)cc2)CC1. The Morgan fingerprint density at radius 1 is 1.33 bits per heavy atom. The van der Waals surface area contributed by atoms with Crippen molar-refractivity contribution in [3.63, 3.8) is 0 Å². The van der Waals surface area contributed by atoms with Crippen LogP contribution in [0.2, 0.25) is 0 Å². The number of nitrogen functional groups attached to an aromatic ring is 1. The summed E-state index contributed by atoms with van der Waals surface area (Å²) in [6.07, 6.45) is 2.48. The molecule has 1 aliphatic rings. The van der Waals surface area contributed by atoms with Crippen LogP contribution in [0, 0.1) is 0 Å². The first kappa shape index (κ1) is 10.5. The maximum atomic E-state index is 5.68. The molecule has 1 fully saturated rings. The molecule has 0 bridgehead atoms. The molecule has 0 aliphatic heterocycles. The summed E-state index contributed by atoms with van der Waals surface area (Å²) >= 11 is 0. The van der Waals surface area contributed by atoms with Crippen molar-refractivity contribution in [3.8, 4) is 0 Å². The number of hydrogen-bond donors (Lipinski definition) is 1. The molecule has 0 amide bonds. The van der Waals surface area contributed by atoms with Crippen molar-refractivity contribution in [2.45, 2.75) is 18.3 Å². The minimum Gasteiger partial charge on any atom is -0.399 e. The summed E-state index contributed by atoms with van der Waals surface area (Å²) in [5.41, 5.74) is 8.19. The van der Waals surface area contributed by atoms with Gasteiger partial charge in [0.05, 0.1) is 7.11 Å². The Labute approximate surface area is 90.8 Å². The molecule has 0 unspecified atom stereocenters. The fourth-order valence-electron chi connectivity index (χ4n) is 2.02. The van der Waals surface area contributed by atoms with Gasteiger partial charge in [0.15, 0.2) is 0 Å². The highest BCUT2D eigenvalue weighted by Crippen LogP contribution is 2.48. The van der Waals surface area contributed by atoms with E-state index in [0.29, 0.717) is 5.41 Å². The van der Waals surface area contributed by atoms with Crippen LogP contribution in [0.15, 0.2) is 24.3 Å². The number of benzene rings is 1. The first-order valence-corrected chi connectivity index (χ1v) is 5.27.